The van der Waals surface area contributed by atoms with Crippen molar-refractivity contribution in [1.82, 2.24) is 15.0 Å². The molecule has 0 N–H and O–H groups in total. The van der Waals surface area contributed by atoms with Gasteiger partial charge in [0.2, 0.25) is 0 Å². The van der Waals surface area contributed by atoms with Crippen molar-refractivity contribution in [2.45, 2.75) is 27.2 Å². The van der Waals surface area contributed by atoms with E-state index in [0.717, 1.165) is 11.3 Å². The molecule has 0 bridgehead atoms. The van der Waals surface area contributed by atoms with Crippen LogP contribution >= 0.6 is 0 Å². The molecule has 104 valence electrons. The van der Waals surface area contributed by atoms with Gasteiger partial charge in [0.15, 0.2) is 5.82 Å². The molecule has 2 aromatic rings. The van der Waals surface area contributed by atoms with Crippen molar-refractivity contribution >= 4 is 5.97 Å². The van der Waals surface area contributed by atoms with E-state index in [1.165, 1.54) is 6.20 Å². The largest absolute Gasteiger partial charge is 0.462 e. The zero-order valence-electron chi connectivity index (χ0n) is 11.9. The molecule has 0 unspecified atom stereocenters. The van der Waals surface area contributed by atoms with Gasteiger partial charge in [-0.1, -0.05) is 13.0 Å². The molecule has 2 rings (SSSR count). The van der Waals surface area contributed by atoms with E-state index in [9.17, 15) is 4.79 Å². The average Bonchev–Trinajstić information content (AvgIpc) is 2.47. The van der Waals surface area contributed by atoms with Gasteiger partial charge in [0.1, 0.15) is 5.69 Å². The van der Waals surface area contributed by atoms with Crippen molar-refractivity contribution in [3.05, 3.63) is 41.3 Å². The van der Waals surface area contributed by atoms with Crippen molar-refractivity contribution in [2.75, 3.05) is 6.61 Å². The topological polar surface area (TPSA) is 65.0 Å². The SMILES string of the molecule is CCOC(=O)c1cnc(-c2ncccc2C)nc1CC. The lowest BCUT2D eigenvalue weighted by atomic mass is 10.1. The van der Waals surface area contributed by atoms with Crippen LogP contribution in [0.3, 0.4) is 0 Å². The molecular weight excluding hydrogens is 254 g/mol. The Morgan fingerprint density at radius 1 is 1.30 bits per heavy atom. The standard InChI is InChI=1S/C15H17N3O2/c1-4-12-11(15(19)20-5-2)9-17-14(18-12)13-10(3)7-6-8-16-13/h6-9H,4-5H2,1-3H3. The third kappa shape index (κ3) is 2.82. The van der Waals surface area contributed by atoms with Crippen LogP contribution in [0.25, 0.3) is 11.5 Å². The highest BCUT2D eigenvalue weighted by molar-refractivity contribution is 5.90. The van der Waals surface area contributed by atoms with E-state index >= 15 is 0 Å². The molecule has 0 amide bonds. The van der Waals surface area contributed by atoms with Gasteiger partial charge in [-0.15, -0.1) is 0 Å². The fraction of sp³-hybridized carbons (Fsp3) is 0.333. The maximum Gasteiger partial charge on any atom is 0.341 e. The Kier molecular flexibility index (Phi) is 4.40. The highest BCUT2D eigenvalue weighted by atomic mass is 16.5. The first-order valence-electron chi connectivity index (χ1n) is 6.62. The number of hydrogen-bond donors (Lipinski definition) is 0. The minimum absolute atomic E-state index is 0.336. The molecule has 0 fully saturated rings. The lowest BCUT2D eigenvalue weighted by Crippen LogP contribution is -2.11. The fourth-order valence-corrected chi connectivity index (χ4v) is 1.90. The van der Waals surface area contributed by atoms with Gasteiger partial charge in [-0.2, -0.15) is 0 Å². The number of ether oxygens (including phenoxy) is 1. The Balaban J connectivity index is 2.45. The first kappa shape index (κ1) is 14.1. The van der Waals surface area contributed by atoms with Gasteiger partial charge >= 0.3 is 5.97 Å². The molecule has 20 heavy (non-hydrogen) atoms. The van der Waals surface area contributed by atoms with Crippen LogP contribution in [0.2, 0.25) is 0 Å². The number of rotatable bonds is 4. The molecule has 5 heteroatoms. The van der Waals surface area contributed by atoms with Crippen LogP contribution in [-0.2, 0) is 11.2 Å². The first-order chi connectivity index (χ1) is 9.67. The summed E-state index contributed by atoms with van der Waals surface area (Å²) >= 11 is 0. The number of carbonyl (C=O) groups excluding carboxylic acids is 1. The molecule has 0 spiro atoms. The van der Waals surface area contributed by atoms with E-state index < -0.39 is 0 Å². The van der Waals surface area contributed by atoms with Crippen molar-refractivity contribution in [3.63, 3.8) is 0 Å². The fourth-order valence-electron chi connectivity index (χ4n) is 1.90. The number of aromatic nitrogens is 3. The summed E-state index contributed by atoms with van der Waals surface area (Å²) in [4.78, 5) is 24.8. The average molecular weight is 271 g/mol. The van der Waals surface area contributed by atoms with Gasteiger partial charge in [-0.25, -0.2) is 14.8 Å². The second-order valence-electron chi connectivity index (χ2n) is 4.30. The molecule has 5 nitrogen and oxygen atoms in total. The van der Waals surface area contributed by atoms with Gasteiger partial charge in [-0.3, -0.25) is 4.98 Å². The van der Waals surface area contributed by atoms with E-state index in [-0.39, 0.29) is 5.97 Å². The Labute approximate surface area is 118 Å². The highest BCUT2D eigenvalue weighted by Gasteiger charge is 2.16. The van der Waals surface area contributed by atoms with Crippen molar-refractivity contribution in [2.24, 2.45) is 0 Å². The van der Waals surface area contributed by atoms with Crippen molar-refractivity contribution in [1.29, 1.82) is 0 Å². The summed E-state index contributed by atoms with van der Waals surface area (Å²) in [5.41, 5.74) is 2.83. The zero-order valence-corrected chi connectivity index (χ0v) is 11.9. The monoisotopic (exact) mass is 271 g/mol. The van der Waals surface area contributed by atoms with Gasteiger partial charge in [-0.05, 0) is 31.9 Å². The summed E-state index contributed by atoms with van der Waals surface area (Å²) in [6.07, 6.45) is 3.86. The second kappa shape index (κ2) is 6.23. The first-order valence-corrected chi connectivity index (χ1v) is 6.62. The summed E-state index contributed by atoms with van der Waals surface area (Å²) < 4.78 is 5.01. The molecule has 0 saturated carbocycles. The van der Waals surface area contributed by atoms with Crippen LogP contribution in [-0.4, -0.2) is 27.5 Å². The Morgan fingerprint density at radius 3 is 2.75 bits per heavy atom. The number of nitrogens with zero attached hydrogens (tertiary/aromatic N) is 3. The van der Waals surface area contributed by atoms with Crippen molar-refractivity contribution < 1.29 is 9.53 Å². The molecule has 0 atom stereocenters. The van der Waals surface area contributed by atoms with Crippen LogP contribution in [0.1, 0.15) is 35.5 Å². The second-order valence-corrected chi connectivity index (χ2v) is 4.30. The van der Waals surface area contributed by atoms with E-state index in [1.807, 2.05) is 26.0 Å². The molecule has 0 aliphatic rings. The lowest BCUT2D eigenvalue weighted by molar-refractivity contribution is 0.0524. The predicted molar refractivity (Wildman–Crippen MR) is 75.3 cm³/mol. The van der Waals surface area contributed by atoms with Crippen LogP contribution in [0, 0.1) is 6.92 Å². The van der Waals surface area contributed by atoms with Gasteiger partial charge < -0.3 is 4.74 Å². The van der Waals surface area contributed by atoms with Crippen LogP contribution in [0.4, 0.5) is 0 Å². The van der Waals surface area contributed by atoms with Crippen molar-refractivity contribution in [3.8, 4) is 11.5 Å². The van der Waals surface area contributed by atoms with Gasteiger partial charge in [0.25, 0.3) is 0 Å². The minimum atomic E-state index is -0.381. The molecule has 0 aliphatic heterocycles. The lowest BCUT2D eigenvalue weighted by Gasteiger charge is -2.08. The third-order valence-electron chi connectivity index (χ3n) is 2.92. The number of carbonyl (C=O) groups is 1. The Morgan fingerprint density at radius 2 is 2.10 bits per heavy atom. The van der Waals surface area contributed by atoms with E-state index in [1.54, 1.807) is 13.1 Å². The quantitative estimate of drug-likeness (QED) is 0.800. The maximum atomic E-state index is 11.8. The summed E-state index contributed by atoms with van der Waals surface area (Å²) in [5.74, 6) is 0.154. The van der Waals surface area contributed by atoms with E-state index in [2.05, 4.69) is 15.0 Å². The highest BCUT2D eigenvalue weighted by Crippen LogP contribution is 2.18. The van der Waals surface area contributed by atoms with Crippen LogP contribution in [0.5, 0.6) is 0 Å². The zero-order chi connectivity index (χ0) is 14.5. The molecule has 0 radical (unpaired) electrons. The molecule has 0 aliphatic carbocycles. The van der Waals surface area contributed by atoms with Gasteiger partial charge in [0, 0.05) is 12.4 Å². The number of esters is 1. The number of aryl methyl sites for hydroxylation is 2. The summed E-state index contributed by atoms with van der Waals surface area (Å²) in [5, 5.41) is 0. The molecule has 2 heterocycles. The molecular formula is C15H17N3O2. The van der Waals surface area contributed by atoms with Crippen LogP contribution < -0.4 is 0 Å². The Bertz CT molecular complexity index is 626. The number of hydrogen-bond acceptors (Lipinski definition) is 5. The maximum absolute atomic E-state index is 11.8. The minimum Gasteiger partial charge on any atom is -0.462 e. The molecule has 0 saturated heterocycles. The van der Waals surface area contributed by atoms with Crippen LogP contribution in [0.15, 0.2) is 24.5 Å². The van der Waals surface area contributed by atoms with Gasteiger partial charge in [0.05, 0.1) is 17.9 Å². The summed E-state index contributed by atoms with van der Waals surface area (Å²) in [6, 6.07) is 3.82. The van der Waals surface area contributed by atoms with E-state index in [4.69, 9.17) is 4.74 Å². The smallest absolute Gasteiger partial charge is 0.341 e. The number of pyridine rings is 1. The predicted octanol–water partition coefficient (Wildman–Crippen LogP) is 2.59. The summed E-state index contributed by atoms with van der Waals surface area (Å²) in [6.45, 7) is 6.01. The summed E-state index contributed by atoms with van der Waals surface area (Å²) in [7, 11) is 0. The molecule has 2 aromatic heterocycles. The van der Waals surface area contributed by atoms with E-state index in [0.29, 0.717) is 30.1 Å². The Hall–Kier alpha value is -2.30. The third-order valence-corrected chi connectivity index (χ3v) is 2.92. The molecule has 0 aromatic carbocycles. The normalized spacial score (nSPS) is 10.3.